The molecule has 1 heterocycles. The highest BCUT2D eigenvalue weighted by Crippen LogP contribution is 2.33. The van der Waals surface area contributed by atoms with Gasteiger partial charge in [0.15, 0.2) is 5.78 Å². The van der Waals surface area contributed by atoms with Gasteiger partial charge < -0.3 is 19.6 Å². The Morgan fingerprint density at radius 2 is 1.53 bits per heavy atom. The molecule has 0 radical (unpaired) electrons. The van der Waals surface area contributed by atoms with Gasteiger partial charge in [-0.1, -0.05) is 30.8 Å². The van der Waals surface area contributed by atoms with Crippen LogP contribution in [0.4, 0.5) is 0 Å². The van der Waals surface area contributed by atoms with Crippen LogP contribution in [0, 0.1) is 5.92 Å². The number of oxime groups is 1. The highest BCUT2D eigenvalue weighted by molar-refractivity contribution is 6.46. The topological polar surface area (TPSA) is 101 Å². The molecular formula is C31H32N2O5. The lowest BCUT2D eigenvalue weighted by molar-refractivity contribution is 0.103. The summed E-state index contributed by atoms with van der Waals surface area (Å²) in [6.45, 7) is 1.34. The Hall–Kier alpha value is -3.97. The number of phenolic OH excluding ortho intramolecular Hbond substituents is 1. The molecule has 38 heavy (non-hydrogen) atoms. The van der Waals surface area contributed by atoms with E-state index in [0.717, 1.165) is 60.5 Å². The van der Waals surface area contributed by atoms with E-state index in [-0.39, 0.29) is 23.0 Å². The minimum absolute atomic E-state index is 0.104. The molecule has 1 saturated carbocycles. The molecule has 1 aliphatic carbocycles. The molecule has 3 aromatic carbocycles. The van der Waals surface area contributed by atoms with Gasteiger partial charge in [0.25, 0.3) is 0 Å². The zero-order chi connectivity index (χ0) is 26.6. The Morgan fingerprint density at radius 1 is 0.921 bits per heavy atom. The minimum Gasteiger partial charge on any atom is -0.508 e. The van der Waals surface area contributed by atoms with Gasteiger partial charge >= 0.3 is 0 Å². The van der Waals surface area contributed by atoms with Crippen molar-refractivity contribution in [2.24, 2.45) is 11.1 Å². The molecule has 0 amide bonds. The molecule has 7 heteroatoms. The number of rotatable bonds is 10. The number of aromatic nitrogens is 1. The van der Waals surface area contributed by atoms with Gasteiger partial charge in [-0.2, -0.15) is 0 Å². The predicted octanol–water partition coefficient (Wildman–Crippen LogP) is 6.36. The van der Waals surface area contributed by atoms with Crippen molar-refractivity contribution in [3.63, 3.8) is 0 Å². The van der Waals surface area contributed by atoms with Gasteiger partial charge in [-0.25, -0.2) is 0 Å². The molecule has 0 saturated heterocycles. The number of nitrogens with zero attached hydrogens (tertiary/aromatic N) is 2. The van der Waals surface area contributed by atoms with Gasteiger partial charge in [-0.3, -0.25) is 9.59 Å². The average molecular weight is 513 g/mol. The molecule has 0 atom stereocenters. The number of benzene rings is 3. The number of carbonyl (C=O) groups excluding carboxylic acids is 2. The Bertz CT molecular complexity index is 1510. The van der Waals surface area contributed by atoms with Gasteiger partial charge in [-0.05, 0) is 79.4 Å². The van der Waals surface area contributed by atoms with Gasteiger partial charge in [0, 0.05) is 58.8 Å². The maximum Gasteiger partial charge on any atom is 0.210 e. The Labute approximate surface area is 221 Å². The molecule has 4 aromatic rings. The van der Waals surface area contributed by atoms with Crippen LogP contribution < -0.4 is 0 Å². The monoisotopic (exact) mass is 512 g/mol. The van der Waals surface area contributed by atoms with Gasteiger partial charge in [0.05, 0.1) is 0 Å². The maximum absolute atomic E-state index is 13.4. The third kappa shape index (κ3) is 5.07. The molecule has 1 fully saturated rings. The molecule has 2 N–H and O–H groups in total. The summed E-state index contributed by atoms with van der Waals surface area (Å²) < 4.78 is 7.45. The third-order valence-electron chi connectivity index (χ3n) is 7.59. The van der Waals surface area contributed by atoms with E-state index in [1.54, 1.807) is 25.3 Å². The molecule has 0 spiro atoms. The predicted molar refractivity (Wildman–Crippen MR) is 148 cm³/mol. The standard InChI is InChI=1S/C31H32N2O5/c1-38-16-4-15-33-28-13-9-22(30(35)21-7-11-24(34)12-8-21)18-25(28)26-19-23(10-14-29(26)33)31(36)27(32-37)17-20-5-2-3-6-20/h7-14,18-20,34,37H,2-6,15-17H2,1H3/b32-27+. The summed E-state index contributed by atoms with van der Waals surface area (Å²) in [6, 6.07) is 17.4. The Balaban J connectivity index is 1.57. The van der Waals surface area contributed by atoms with E-state index < -0.39 is 0 Å². The number of methoxy groups -OCH3 is 1. The maximum atomic E-state index is 13.4. The number of aromatic hydroxyl groups is 1. The lowest BCUT2D eigenvalue weighted by Crippen LogP contribution is -2.17. The number of phenols is 1. The van der Waals surface area contributed by atoms with Gasteiger partial charge in [0.1, 0.15) is 11.5 Å². The van der Waals surface area contributed by atoms with Crippen LogP contribution in [0.5, 0.6) is 5.75 Å². The zero-order valence-electron chi connectivity index (χ0n) is 21.5. The summed E-state index contributed by atoms with van der Waals surface area (Å²) in [5, 5.41) is 24.4. The van der Waals surface area contributed by atoms with Gasteiger partial charge in [-0.15, -0.1) is 0 Å². The summed E-state index contributed by atoms with van der Waals surface area (Å²) in [5.41, 5.74) is 3.59. The third-order valence-corrected chi connectivity index (χ3v) is 7.59. The number of carbonyl (C=O) groups is 2. The van der Waals surface area contributed by atoms with Crippen LogP contribution in [-0.2, 0) is 11.3 Å². The lowest BCUT2D eigenvalue weighted by Gasteiger charge is -2.10. The normalized spacial score (nSPS) is 14.5. The first-order valence-corrected chi connectivity index (χ1v) is 13.1. The van der Waals surface area contributed by atoms with Crippen LogP contribution in [0.1, 0.15) is 64.8 Å². The number of hydrogen-bond donors (Lipinski definition) is 2. The van der Waals surface area contributed by atoms with Crippen LogP contribution in [0.2, 0.25) is 0 Å². The zero-order valence-corrected chi connectivity index (χ0v) is 21.5. The number of hydrogen-bond acceptors (Lipinski definition) is 6. The van der Waals surface area contributed by atoms with Crippen molar-refractivity contribution in [1.29, 1.82) is 0 Å². The van der Waals surface area contributed by atoms with Crippen molar-refractivity contribution >= 4 is 39.1 Å². The van der Waals surface area contributed by atoms with Crippen LogP contribution in [0.25, 0.3) is 21.8 Å². The molecule has 5 rings (SSSR count). The molecule has 7 nitrogen and oxygen atoms in total. The van der Waals surface area contributed by atoms with Crippen molar-refractivity contribution in [3.05, 3.63) is 77.4 Å². The molecule has 0 unspecified atom stereocenters. The van der Waals surface area contributed by atoms with E-state index in [4.69, 9.17) is 4.74 Å². The highest BCUT2D eigenvalue weighted by atomic mass is 16.5. The number of ketones is 2. The quantitative estimate of drug-likeness (QED) is 0.0846. The largest absolute Gasteiger partial charge is 0.508 e. The molecular weight excluding hydrogens is 480 g/mol. The van der Waals surface area contributed by atoms with Crippen molar-refractivity contribution < 1.29 is 24.6 Å². The Kier molecular flexibility index (Phi) is 7.56. The van der Waals surface area contributed by atoms with E-state index in [0.29, 0.717) is 35.6 Å². The minimum atomic E-state index is -0.266. The average Bonchev–Trinajstić information content (AvgIpc) is 3.57. The molecule has 1 aromatic heterocycles. The second kappa shape index (κ2) is 11.2. The van der Waals surface area contributed by atoms with Crippen molar-refractivity contribution in [2.45, 2.75) is 45.1 Å². The fraction of sp³-hybridized carbons (Fsp3) is 0.323. The fourth-order valence-corrected chi connectivity index (χ4v) is 5.61. The van der Waals surface area contributed by atoms with Crippen LogP contribution in [0.15, 0.2) is 65.8 Å². The summed E-state index contributed by atoms with van der Waals surface area (Å²) in [6.07, 6.45) is 5.70. The van der Waals surface area contributed by atoms with Crippen molar-refractivity contribution in [3.8, 4) is 5.75 Å². The van der Waals surface area contributed by atoms with Crippen LogP contribution >= 0.6 is 0 Å². The summed E-state index contributed by atoms with van der Waals surface area (Å²) >= 11 is 0. The van der Waals surface area contributed by atoms with E-state index in [2.05, 4.69) is 9.72 Å². The summed E-state index contributed by atoms with van der Waals surface area (Å²) in [7, 11) is 1.68. The van der Waals surface area contributed by atoms with Gasteiger partial charge in [0.2, 0.25) is 5.78 Å². The molecule has 0 aliphatic heterocycles. The number of ether oxygens (including phenoxy) is 1. The summed E-state index contributed by atoms with van der Waals surface area (Å²) in [5.74, 6) is 0.0698. The van der Waals surface area contributed by atoms with E-state index >= 15 is 0 Å². The highest BCUT2D eigenvalue weighted by Gasteiger charge is 2.24. The molecule has 0 bridgehead atoms. The van der Waals surface area contributed by atoms with Crippen LogP contribution in [-0.4, -0.2) is 45.9 Å². The first kappa shape index (κ1) is 25.7. The van der Waals surface area contributed by atoms with E-state index in [1.165, 1.54) is 12.1 Å². The smallest absolute Gasteiger partial charge is 0.210 e. The first-order chi connectivity index (χ1) is 18.5. The second-order valence-corrected chi connectivity index (χ2v) is 10.1. The van der Waals surface area contributed by atoms with E-state index in [1.807, 2.05) is 30.3 Å². The SMILES string of the molecule is COCCCn1c2ccc(C(=O)/C(CC3CCCC3)=N/O)cc2c2cc(C(=O)c3ccc(O)cc3)ccc21. The Morgan fingerprint density at radius 3 is 2.16 bits per heavy atom. The number of fused-ring (bicyclic) bond motifs is 3. The molecule has 1 aliphatic rings. The second-order valence-electron chi connectivity index (χ2n) is 10.1. The van der Waals surface area contributed by atoms with Crippen molar-refractivity contribution in [2.75, 3.05) is 13.7 Å². The first-order valence-electron chi connectivity index (χ1n) is 13.1. The lowest BCUT2D eigenvalue weighted by atomic mass is 9.95. The number of aryl methyl sites for hydroxylation is 1. The number of Topliss-reactive ketones (excluding diaryl/α,β-unsaturated/α-hetero) is 1. The van der Waals surface area contributed by atoms with Crippen molar-refractivity contribution in [1.82, 2.24) is 4.57 Å². The fourth-order valence-electron chi connectivity index (χ4n) is 5.61. The van der Waals surface area contributed by atoms with Crippen LogP contribution in [0.3, 0.4) is 0 Å². The summed E-state index contributed by atoms with van der Waals surface area (Å²) in [4.78, 5) is 26.6. The molecule has 196 valence electrons. The van der Waals surface area contributed by atoms with E-state index in [9.17, 15) is 19.9 Å².